The predicted molar refractivity (Wildman–Crippen MR) is 94.1 cm³/mol. The number of rotatable bonds is 4. The number of nitrogens with two attached hydrogens (primary N) is 1. The molecule has 2 unspecified atom stereocenters. The van der Waals surface area contributed by atoms with Crippen LogP contribution in [0.5, 0.6) is 0 Å². The fraction of sp³-hybridized carbons (Fsp3) is 0.529. The quantitative estimate of drug-likeness (QED) is 0.782. The number of esters is 1. The van der Waals surface area contributed by atoms with Gasteiger partial charge in [0, 0.05) is 17.5 Å². The molecule has 1 amide bonds. The number of hydrogen-bond acceptors (Lipinski definition) is 6. The minimum Gasteiger partial charge on any atom is -0.465 e. The van der Waals surface area contributed by atoms with E-state index in [1.807, 2.05) is 6.92 Å². The highest BCUT2D eigenvalue weighted by atomic mass is 32.2. The van der Waals surface area contributed by atoms with Gasteiger partial charge in [0.15, 0.2) is 9.84 Å². The first-order valence-corrected chi connectivity index (χ1v) is 9.97. The molecule has 1 aromatic rings. The Kier molecular flexibility index (Phi) is 5.53. The van der Waals surface area contributed by atoms with E-state index in [1.165, 1.54) is 25.3 Å². The van der Waals surface area contributed by atoms with Crippen LogP contribution < -0.4 is 11.1 Å². The number of benzene rings is 1. The summed E-state index contributed by atoms with van der Waals surface area (Å²) in [6.07, 6.45) is 4.36. The van der Waals surface area contributed by atoms with Gasteiger partial charge in [-0.25, -0.2) is 13.2 Å². The molecular weight excluding hydrogens is 344 g/mol. The van der Waals surface area contributed by atoms with Crippen LogP contribution in [0.25, 0.3) is 0 Å². The van der Waals surface area contributed by atoms with E-state index >= 15 is 0 Å². The lowest BCUT2D eigenvalue weighted by atomic mass is 9.74. The summed E-state index contributed by atoms with van der Waals surface area (Å²) in [5, 5.41) is 2.71. The molecule has 0 radical (unpaired) electrons. The fourth-order valence-corrected chi connectivity index (χ4v) is 3.82. The standard InChI is InChI=1S/C17H24N2O5S/c1-17(18)7-5-4-6-14(17)15(20)19-12-8-11(16(21)24-2)9-13(10-12)25(3,22)23/h8-10,14H,4-7,18H2,1-3H3,(H,19,20). The summed E-state index contributed by atoms with van der Waals surface area (Å²) in [7, 11) is -2.35. The van der Waals surface area contributed by atoms with Crippen LogP contribution in [0.4, 0.5) is 5.69 Å². The van der Waals surface area contributed by atoms with Crippen molar-refractivity contribution in [2.75, 3.05) is 18.7 Å². The molecule has 1 aliphatic carbocycles. The van der Waals surface area contributed by atoms with Crippen LogP contribution in [-0.4, -0.2) is 39.2 Å². The number of ether oxygens (including phenoxy) is 1. The summed E-state index contributed by atoms with van der Waals surface area (Å²) in [5.41, 5.74) is 5.92. The predicted octanol–water partition coefficient (Wildman–Crippen LogP) is 1.72. The smallest absolute Gasteiger partial charge is 0.337 e. The van der Waals surface area contributed by atoms with E-state index in [9.17, 15) is 18.0 Å². The Hall–Kier alpha value is -1.93. The highest BCUT2D eigenvalue weighted by Gasteiger charge is 2.37. The number of anilines is 1. The van der Waals surface area contributed by atoms with E-state index in [2.05, 4.69) is 10.1 Å². The third-order valence-electron chi connectivity index (χ3n) is 4.59. The van der Waals surface area contributed by atoms with Crippen LogP contribution in [-0.2, 0) is 19.4 Å². The molecule has 0 aromatic heterocycles. The van der Waals surface area contributed by atoms with E-state index in [-0.39, 0.29) is 28.0 Å². The zero-order valence-corrected chi connectivity index (χ0v) is 15.5. The van der Waals surface area contributed by atoms with E-state index in [0.717, 1.165) is 25.5 Å². The Labute approximate surface area is 147 Å². The van der Waals surface area contributed by atoms with Gasteiger partial charge in [-0.2, -0.15) is 0 Å². The van der Waals surface area contributed by atoms with E-state index in [4.69, 9.17) is 5.73 Å². The van der Waals surface area contributed by atoms with E-state index in [0.29, 0.717) is 6.42 Å². The Morgan fingerprint density at radius 3 is 2.52 bits per heavy atom. The molecule has 0 heterocycles. The topological polar surface area (TPSA) is 116 Å². The van der Waals surface area contributed by atoms with Crippen molar-refractivity contribution in [1.82, 2.24) is 0 Å². The summed E-state index contributed by atoms with van der Waals surface area (Å²) in [5.74, 6) is -1.32. The van der Waals surface area contributed by atoms with Gasteiger partial charge in [-0.3, -0.25) is 4.79 Å². The first-order chi connectivity index (χ1) is 11.5. The maximum Gasteiger partial charge on any atom is 0.337 e. The Morgan fingerprint density at radius 2 is 1.96 bits per heavy atom. The van der Waals surface area contributed by atoms with Gasteiger partial charge in [-0.1, -0.05) is 12.8 Å². The van der Waals surface area contributed by atoms with Crippen LogP contribution in [0.2, 0.25) is 0 Å². The molecule has 0 bridgehead atoms. The normalized spacial score (nSPS) is 23.8. The van der Waals surface area contributed by atoms with Crippen molar-refractivity contribution >= 4 is 27.4 Å². The highest BCUT2D eigenvalue weighted by molar-refractivity contribution is 7.90. The third kappa shape index (κ3) is 4.58. The molecule has 0 spiro atoms. The van der Waals surface area contributed by atoms with Gasteiger partial charge in [0.05, 0.1) is 23.5 Å². The number of nitrogens with one attached hydrogen (secondary N) is 1. The lowest BCUT2D eigenvalue weighted by Gasteiger charge is -2.37. The maximum absolute atomic E-state index is 12.6. The van der Waals surface area contributed by atoms with Crippen molar-refractivity contribution < 1.29 is 22.7 Å². The summed E-state index contributed by atoms with van der Waals surface area (Å²) in [4.78, 5) is 24.4. The minimum atomic E-state index is -3.56. The summed E-state index contributed by atoms with van der Waals surface area (Å²) in [6, 6.07) is 3.95. The average Bonchev–Trinajstić information content (AvgIpc) is 2.52. The van der Waals surface area contributed by atoms with Crippen molar-refractivity contribution in [3.8, 4) is 0 Å². The second-order valence-electron chi connectivity index (χ2n) is 6.80. The largest absolute Gasteiger partial charge is 0.465 e. The van der Waals surface area contributed by atoms with Crippen molar-refractivity contribution in [2.45, 2.75) is 43.0 Å². The number of hydrogen-bond donors (Lipinski definition) is 2. The van der Waals surface area contributed by atoms with Crippen molar-refractivity contribution in [2.24, 2.45) is 11.7 Å². The van der Waals surface area contributed by atoms with Gasteiger partial charge in [-0.15, -0.1) is 0 Å². The number of amides is 1. The fourth-order valence-electron chi connectivity index (χ4n) is 3.14. The molecule has 25 heavy (non-hydrogen) atoms. The molecule has 7 nitrogen and oxygen atoms in total. The molecule has 138 valence electrons. The molecule has 1 fully saturated rings. The highest BCUT2D eigenvalue weighted by Crippen LogP contribution is 2.32. The Bertz CT molecular complexity index is 786. The van der Waals surface area contributed by atoms with Crippen molar-refractivity contribution in [1.29, 1.82) is 0 Å². The SMILES string of the molecule is COC(=O)c1cc(NC(=O)C2CCCCC2(C)N)cc(S(C)(=O)=O)c1. The molecule has 2 rings (SSSR count). The molecule has 8 heteroatoms. The molecule has 1 saturated carbocycles. The maximum atomic E-state index is 12.6. The van der Waals surface area contributed by atoms with Gasteiger partial charge in [-0.05, 0) is 38.0 Å². The van der Waals surface area contributed by atoms with Crippen LogP contribution in [0.15, 0.2) is 23.1 Å². The second-order valence-corrected chi connectivity index (χ2v) is 8.82. The number of carbonyl (C=O) groups is 2. The molecule has 1 aliphatic rings. The summed E-state index contributed by atoms with van der Waals surface area (Å²) in [6.45, 7) is 1.85. The Morgan fingerprint density at radius 1 is 1.28 bits per heavy atom. The molecule has 2 atom stereocenters. The first kappa shape index (κ1) is 19.4. The number of sulfone groups is 1. The Balaban J connectivity index is 2.35. The zero-order chi connectivity index (χ0) is 18.8. The lowest BCUT2D eigenvalue weighted by molar-refractivity contribution is -0.122. The van der Waals surface area contributed by atoms with Gasteiger partial charge in [0.1, 0.15) is 0 Å². The average molecular weight is 368 g/mol. The molecule has 1 aromatic carbocycles. The van der Waals surface area contributed by atoms with Crippen LogP contribution in [0.3, 0.4) is 0 Å². The van der Waals surface area contributed by atoms with Crippen LogP contribution >= 0.6 is 0 Å². The van der Waals surface area contributed by atoms with Gasteiger partial charge in [0.25, 0.3) is 0 Å². The second kappa shape index (κ2) is 7.13. The van der Waals surface area contributed by atoms with E-state index in [1.54, 1.807) is 0 Å². The van der Waals surface area contributed by atoms with Crippen molar-refractivity contribution in [3.63, 3.8) is 0 Å². The zero-order valence-electron chi connectivity index (χ0n) is 14.7. The number of methoxy groups -OCH3 is 1. The first-order valence-electron chi connectivity index (χ1n) is 8.08. The molecule has 0 saturated heterocycles. The van der Waals surface area contributed by atoms with E-state index < -0.39 is 21.3 Å². The monoisotopic (exact) mass is 368 g/mol. The van der Waals surface area contributed by atoms with Crippen LogP contribution in [0, 0.1) is 5.92 Å². The lowest BCUT2D eigenvalue weighted by Crippen LogP contribution is -2.51. The third-order valence-corrected chi connectivity index (χ3v) is 5.69. The number of carbonyl (C=O) groups excluding carboxylic acids is 2. The molecule has 3 N–H and O–H groups in total. The minimum absolute atomic E-state index is 0.0554. The molecule has 0 aliphatic heterocycles. The molecular formula is C17H24N2O5S. The van der Waals surface area contributed by atoms with Gasteiger partial charge < -0.3 is 15.8 Å². The summed E-state index contributed by atoms with van der Waals surface area (Å²) >= 11 is 0. The van der Waals surface area contributed by atoms with Gasteiger partial charge in [0.2, 0.25) is 5.91 Å². The van der Waals surface area contributed by atoms with Crippen LogP contribution in [0.1, 0.15) is 43.0 Å². The summed E-state index contributed by atoms with van der Waals surface area (Å²) < 4.78 is 28.4. The van der Waals surface area contributed by atoms with Gasteiger partial charge >= 0.3 is 5.97 Å². The van der Waals surface area contributed by atoms with Crippen molar-refractivity contribution in [3.05, 3.63) is 23.8 Å².